The lowest BCUT2D eigenvalue weighted by Crippen LogP contribution is -2.31. The van der Waals surface area contributed by atoms with E-state index in [0.717, 1.165) is 37.6 Å². The highest BCUT2D eigenvalue weighted by molar-refractivity contribution is 4.85. The van der Waals surface area contributed by atoms with Crippen LogP contribution < -0.4 is 5.32 Å². The highest BCUT2D eigenvalue weighted by atomic mass is 16.5. The van der Waals surface area contributed by atoms with Crippen molar-refractivity contribution in [2.45, 2.75) is 51.5 Å². The molecule has 0 heterocycles. The largest absolute Gasteiger partial charge is 0.381 e. The first kappa shape index (κ1) is 11.4. The zero-order valence-electron chi connectivity index (χ0n) is 10.0. The molecule has 0 bridgehead atoms. The van der Waals surface area contributed by atoms with Crippen molar-refractivity contribution in [2.75, 3.05) is 19.8 Å². The predicted octanol–water partition coefficient (Wildman–Crippen LogP) is 2.58. The van der Waals surface area contributed by atoms with Crippen LogP contribution in [-0.2, 0) is 4.74 Å². The zero-order valence-corrected chi connectivity index (χ0v) is 10.0. The molecule has 1 atom stereocenters. The Hall–Kier alpha value is -0.0800. The van der Waals surface area contributed by atoms with E-state index in [4.69, 9.17) is 4.74 Å². The second-order valence-electron chi connectivity index (χ2n) is 5.18. The SMILES string of the molecule is CCC(NCCCOCC1CC1)C1CC1. The maximum absolute atomic E-state index is 5.61. The number of nitrogens with one attached hydrogen (secondary N) is 1. The fraction of sp³-hybridized carbons (Fsp3) is 1.00. The molecular weight excluding hydrogens is 186 g/mol. The van der Waals surface area contributed by atoms with Crippen LogP contribution in [-0.4, -0.2) is 25.8 Å². The van der Waals surface area contributed by atoms with Crippen LogP contribution >= 0.6 is 0 Å². The van der Waals surface area contributed by atoms with Crippen molar-refractivity contribution in [3.8, 4) is 0 Å². The molecule has 0 aromatic rings. The lowest BCUT2D eigenvalue weighted by Gasteiger charge is -2.15. The van der Waals surface area contributed by atoms with Gasteiger partial charge in [-0.05, 0) is 56.9 Å². The molecule has 2 saturated carbocycles. The van der Waals surface area contributed by atoms with E-state index in [-0.39, 0.29) is 0 Å². The van der Waals surface area contributed by atoms with E-state index >= 15 is 0 Å². The van der Waals surface area contributed by atoms with Gasteiger partial charge in [0.15, 0.2) is 0 Å². The Labute approximate surface area is 93.8 Å². The van der Waals surface area contributed by atoms with Gasteiger partial charge in [0.2, 0.25) is 0 Å². The van der Waals surface area contributed by atoms with Crippen LogP contribution in [0.1, 0.15) is 45.4 Å². The van der Waals surface area contributed by atoms with Crippen molar-refractivity contribution in [1.29, 1.82) is 0 Å². The summed E-state index contributed by atoms with van der Waals surface area (Å²) in [5.41, 5.74) is 0. The van der Waals surface area contributed by atoms with Crippen molar-refractivity contribution < 1.29 is 4.74 Å². The Morgan fingerprint density at radius 2 is 2.07 bits per heavy atom. The van der Waals surface area contributed by atoms with Crippen molar-refractivity contribution in [2.24, 2.45) is 11.8 Å². The average Bonchev–Trinajstić information content (AvgIpc) is 3.10. The van der Waals surface area contributed by atoms with Gasteiger partial charge in [0, 0.05) is 19.3 Å². The number of ether oxygens (including phenoxy) is 1. The zero-order chi connectivity index (χ0) is 10.5. The second-order valence-corrected chi connectivity index (χ2v) is 5.18. The molecule has 1 unspecified atom stereocenters. The van der Waals surface area contributed by atoms with E-state index in [2.05, 4.69) is 12.2 Å². The topological polar surface area (TPSA) is 21.3 Å². The van der Waals surface area contributed by atoms with Crippen LogP contribution in [0.3, 0.4) is 0 Å². The smallest absolute Gasteiger partial charge is 0.0494 e. The van der Waals surface area contributed by atoms with Gasteiger partial charge in [-0.2, -0.15) is 0 Å². The summed E-state index contributed by atoms with van der Waals surface area (Å²) in [6, 6.07) is 0.786. The lowest BCUT2D eigenvalue weighted by molar-refractivity contribution is 0.121. The minimum absolute atomic E-state index is 0.786. The van der Waals surface area contributed by atoms with Crippen molar-refractivity contribution in [3.63, 3.8) is 0 Å². The summed E-state index contributed by atoms with van der Waals surface area (Å²) < 4.78 is 5.61. The molecule has 15 heavy (non-hydrogen) atoms. The molecule has 0 spiro atoms. The number of hydrogen-bond acceptors (Lipinski definition) is 2. The summed E-state index contributed by atoms with van der Waals surface area (Å²) >= 11 is 0. The minimum Gasteiger partial charge on any atom is -0.381 e. The van der Waals surface area contributed by atoms with Crippen LogP contribution in [0.15, 0.2) is 0 Å². The van der Waals surface area contributed by atoms with Gasteiger partial charge in [-0.1, -0.05) is 6.92 Å². The Morgan fingerprint density at radius 3 is 2.67 bits per heavy atom. The first-order chi connectivity index (χ1) is 7.40. The quantitative estimate of drug-likeness (QED) is 0.592. The van der Waals surface area contributed by atoms with Crippen molar-refractivity contribution >= 4 is 0 Å². The molecule has 0 aromatic carbocycles. The van der Waals surface area contributed by atoms with Gasteiger partial charge >= 0.3 is 0 Å². The van der Waals surface area contributed by atoms with E-state index in [0.29, 0.717) is 0 Å². The van der Waals surface area contributed by atoms with E-state index in [1.807, 2.05) is 0 Å². The Balaban J connectivity index is 1.39. The van der Waals surface area contributed by atoms with Crippen LogP contribution in [0.2, 0.25) is 0 Å². The van der Waals surface area contributed by atoms with Crippen LogP contribution in [0.25, 0.3) is 0 Å². The Morgan fingerprint density at radius 1 is 1.27 bits per heavy atom. The lowest BCUT2D eigenvalue weighted by atomic mass is 10.1. The summed E-state index contributed by atoms with van der Waals surface area (Å²) in [5.74, 6) is 1.90. The highest BCUT2D eigenvalue weighted by Crippen LogP contribution is 2.33. The fourth-order valence-corrected chi connectivity index (χ4v) is 2.14. The maximum atomic E-state index is 5.61. The third-order valence-corrected chi connectivity index (χ3v) is 3.55. The summed E-state index contributed by atoms with van der Waals surface area (Å²) in [6.45, 7) is 5.39. The Bertz CT molecular complexity index is 175. The van der Waals surface area contributed by atoms with E-state index < -0.39 is 0 Å². The molecule has 0 aliphatic heterocycles. The molecule has 2 aliphatic rings. The Kier molecular flexibility index (Phi) is 4.45. The summed E-state index contributed by atoms with van der Waals surface area (Å²) in [6.07, 6.45) is 8.16. The first-order valence-electron chi connectivity index (χ1n) is 6.71. The molecule has 2 aliphatic carbocycles. The highest BCUT2D eigenvalue weighted by Gasteiger charge is 2.29. The molecule has 2 nitrogen and oxygen atoms in total. The van der Waals surface area contributed by atoms with Crippen LogP contribution in [0, 0.1) is 11.8 Å². The summed E-state index contributed by atoms with van der Waals surface area (Å²) in [5, 5.41) is 3.66. The van der Waals surface area contributed by atoms with Crippen molar-refractivity contribution in [1.82, 2.24) is 5.32 Å². The average molecular weight is 211 g/mol. The normalized spacial score (nSPS) is 23.0. The van der Waals surface area contributed by atoms with Gasteiger partial charge in [-0.3, -0.25) is 0 Å². The standard InChI is InChI=1S/C13H25NO/c1-2-13(12-6-7-12)14-8-3-9-15-10-11-4-5-11/h11-14H,2-10H2,1H3. The fourth-order valence-electron chi connectivity index (χ4n) is 2.14. The summed E-state index contributed by atoms with van der Waals surface area (Å²) in [7, 11) is 0. The van der Waals surface area contributed by atoms with Gasteiger partial charge in [-0.15, -0.1) is 0 Å². The predicted molar refractivity (Wildman–Crippen MR) is 63.0 cm³/mol. The minimum atomic E-state index is 0.786. The van der Waals surface area contributed by atoms with Crippen molar-refractivity contribution in [3.05, 3.63) is 0 Å². The van der Waals surface area contributed by atoms with Gasteiger partial charge in [0.25, 0.3) is 0 Å². The van der Waals surface area contributed by atoms with Crippen LogP contribution in [0.5, 0.6) is 0 Å². The molecule has 2 heteroatoms. The summed E-state index contributed by atoms with van der Waals surface area (Å²) in [4.78, 5) is 0. The molecule has 0 aromatic heterocycles. The third-order valence-electron chi connectivity index (χ3n) is 3.55. The molecule has 88 valence electrons. The van der Waals surface area contributed by atoms with Gasteiger partial charge in [0.05, 0.1) is 0 Å². The van der Waals surface area contributed by atoms with Crippen LogP contribution in [0.4, 0.5) is 0 Å². The van der Waals surface area contributed by atoms with Gasteiger partial charge < -0.3 is 10.1 Å². The molecule has 2 fully saturated rings. The molecule has 0 saturated heterocycles. The molecule has 0 radical (unpaired) electrons. The van der Waals surface area contributed by atoms with Gasteiger partial charge in [0.1, 0.15) is 0 Å². The molecule has 1 N–H and O–H groups in total. The second kappa shape index (κ2) is 5.86. The third kappa shape index (κ3) is 4.52. The molecular formula is C13H25NO. The maximum Gasteiger partial charge on any atom is 0.0494 e. The van der Waals surface area contributed by atoms with E-state index in [1.165, 1.54) is 38.5 Å². The molecule has 2 rings (SSSR count). The number of hydrogen-bond donors (Lipinski definition) is 1. The van der Waals surface area contributed by atoms with E-state index in [1.54, 1.807) is 0 Å². The van der Waals surface area contributed by atoms with Gasteiger partial charge in [-0.25, -0.2) is 0 Å². The van der Waals surface area contributed by atoms with E-state index in [9.17, 15) is 0 Å². The first-order valence-corrected chi connectivity index (χ1v) is 6.71. The molecule has 0 amide bonds. The monoisotopic (exact) mass is 211 g/mol. The number of rotatable bonds is 9.